The number of thiazole rings is 1. The fourth-order valence-electron chi connectivity index (χ4n) is 2.99. The molecule has 4 nitrogen and oxygen atoms in total. The van der Waals surface area contributed by atoms with Crippen LogP contribution in [-0.4, -0.2) is 22.1 Å². The van der Waals surface area contributed by atoms with Crippen LogP contribution in [-0.2, 0) is 10.3 Å². The first-order chi connectivity index (χ1) is 10.2. The van der Waals surface area contributed by atoms with Gasteiger partial charge in [-0.1, -0.05) is 0 Å². The first-order valence-corrected chi connectivity index (χ1v) is 8.00. The van der Waals surface area contributed by atoms with E-state index >= 15 is 0 Å². The smallest absolute Gasteiger partial charge is 0.138 e. The molecular formula is C16H17N3OS. The summed E-state index contributed by atoms with van der Waals surface area (Å²) < 4.78 is 5.73. The van der Waals surface area contributed by atoms with Gasteiger partial charge in [0.2, 0.25) is 0 Å². The molecule has 5 heteroatoms. The Bertz CT molecular complexity index is 795. The van der Waals surface area contributed by atoms with Gasteiger partial charge >= 0.3 is 0 Å². The number of aryl methyl sites for hydroxylation is 1. The lowest BCUT2D eigenvalue weighted by Crippen LogP contribution is -2.35. The van der Waals surface area contributed by atoms with E-state index in [0.29, 0.717) is 0 Å². The first kappa shape index (κ1) is 13.0. The molecule has 0 atom stereocenters. The van der Waals surface area contributed by atoms with Crippen LogP contribution in [0.3, 0.4) is 0 Å². The van der Waals surface area contributed by atoms with Crippen molar-refractivity contribution < 1.29 is 4.74 Å². The molecule has 0 radical (unpaired) electrons. The van der Waals surface area contributed by atoms with Crippen LogP contribution in [0.1, 0.15) is 30.0 Å². The zero-order chi connectivity index (χ0) is 14.4. The third-order valence-electron chi connectivity index (χ3n) is 4.38. The monoisotopic (exact) mass is 299 g/mol. The van der Waals surface area contributed by atoms with Gasteiger partial charge in [0.25, 0.3) is 0 Å². The topological polar surface area (TPSA) is 50.8 Å². The number of aromatic nitrogens is 3. The average Bonchev–Trinajstić information content (AvgIpc) is 3.03. The lowest BCUT2D eigenvalue weighted by molar-refractivity contribution is -0.0779. The predicted molar refractivity (Wildman–Crippen MR) is 84.5 cm³/mol. The zero-order valence-corrected chi connectivity index (χ0v) is 13.0. The zero-order valence-electron chi connectivity index (χ0n) is 12.1. The molecule has 3 aromatic rings. The van der Waals surface area contributed by atoms with Gasteiger partial charge in [-0.2, -0.15) is 0 Å². The molecular weight excluding hydrogens is 282 g/mol. The minimum absolute atomic E-state index is 0.136. The van der Waals surface area contributed by atoms with E-state index in [1.54, 1.807) is 18.4 Å². The molecule has 1 saturated carbocycles. The molecule has 108 valence electrons. The molecule has 3 heterocycles. The van der Waals surface area contributed by atoms with E-state index in [1.807, 2.05) is 12.4 Å². The summed E-state index contributed by atoms with van der Waals surface area (Å²) >= 11 is 1.74. The van der Waals surface area contributed by atoms with Gasteiger partial charge in [-0.3, -0.25) is 0 Å². The Balaban J connectivity index is 1.81. The quantitative estimate of drug-likeness (QED) is 0.794. The van der Waals surface area contributed by atoms with Gasteiger partial charge < -0.3 is 9.72 Å². The summed E-state index contributed by atoms with van der Waals surface area (Å²) in [7, 11) is 1.79. The average molecular weight is 299 g/mol. The second-order valence-corrected chi connectivity index (χ2v) is 6.69. The van der Waals surface area contributed by atoms with Crippen molar-refractivity contribution in [3.05, 3.63) is 35.2 Å². The van der Waals surface area contributed by atoms with Crippen LogP contribution in [0.2, 0.25) is 0 Å². The van der Waals surface area contributed by atoms with Gasteiger partial charge in [0.1, 0.15) is 16.3 Å². The standard InChI is InChI=1S/C16H17N3OS/c1-10-8-12-11(4-7-17-14(12)19-10)13-9-18-15(21-13)16(20-2)5-3-6-16/h4,7-9H,3,5-6H2,1-2H3,(H,17,19). The van der Waals surface area contributed by atoms with E-state index in [0.717, 1.165) is 34.6 Å². The number of hydrogen-bond donors (Lipinski definition) is 1. The molecule has 0 spiro atoms. The molecule has 4 rings (SSSR count). The number of hydrogen-bond acceptors (Lipinski definition) is 4. The molecule has 1 aliphatic rings. The summed E-state index contributed by atoms with van der Waals surface area (Å²) in [5.41, 5.74) is 3.12. The number of methoxy groups -OCH3 is 1. The second-order valence-electron chi connectivity index (χ2n) is 5.65. The Kier molecular flexibility index (Phi) is 2.87. The van der Waals surface area contributed by atoms with E-state index in [4.69, 9.17) is 4.74 Å². The van der Waals surface area contributed by atoms with Gasteiger partial charge in [0.05, 0.1) is 4.88 Å². The van der Waals surface area contributed by atoms with E-state index in [9.17, 15) is 0 Å². The molecule has 0 aliphatic heterocycles. The van der Waals surface area contributed by atoms with Gasteiger partial charge in [-0.25, -0.2) is 9.97 Å². The van der Waals surface area contributed by atoms with Gasteiger partial charge in [-0.05, 0) is 38.3 Å². The summed E-state index contributed by atoms with van der Waals surface area (Å²) in [6.45, 7) is 2.05. The Morgan fingerprint density at radius 2 is 2.19 bits per heavy atom. The van der Waals surface area contributed by atoms with Crippen molar-refractivity contribution in [1.29, 1.82) is 0 Å². The number of H-pyrrole nitrogens is 1. The number of pyridine rings is 1. The molecule has 0 bridgehead atoms. The minimum atomic E-state index is -0.136. The van der Waals surface area contributed by atoms with Crippen molar-refractivity contribution in [1.82, 2.24) is 15.0 Å². The van der Waals surface area contributed by atoms with Gasteiger partial charge in [-0.15, -0.1) is 11.3 Å². The fraction of sp³-hybridized carbons (Fsp3) is 0.375. The summed E-state index contributed by atoms with van der Waals surface area (Å²) in [5, 5.41) is 2.26. The maximum atomic E-state index is 5.73. The van der Waals surface area contributed by atoms with Crippen LogP contribution in [0.4, 0.5) is 0 Å². The molecule has 0 amide bonds. The van der Waals surface area contributed by atoms with Crippen molar-refractivity contribution in [2.75, 3.05) is 7.11 Å². The lowest BCUT2D eigenvalue weighted by Gasteiger charge is -2.38. The van der Waals surface area contributed by atoms with E-state index in [2.05, 4.69) is 34.0 Å². The third-order valence-corrected chi connectivity index (χ3v) is 5.60. The molecule has 3 aromatic heterocycles. The van der Waals surface area contributed by atoms with Crippen molar-refractivity contribution in [3.8, 4) is 10.4 Å². The number of nitrogens with one attached hydrogen (secondary N) is 1. The van der Waals surface area contributed by atoms with Crippen LogP contribution in [0.5, 0.6) is 0 Å². The number of nitrogens with zero attached hydrogens (tertiary/aromatic N) is 2. The highest BCUT2D eigenvalue weighted by atomic mass is 32.1. The van der Waals surface area contributed by atoms with E-state index in [1.165, 1.54) is 16.9 Å². The maximum absolute atomic E-state index is 5.73. The largest absolute Gasteiger partial charge is 0.371 e. The van der Waals surface area contributed by atoms with Crippen LogP contribution in [0.15, 0.2) is 24.5 Å². The SMILES string of the molecule is COC1(c2ncc(-c3ccnc4[nH]c(C)cc34)s2)CCC1. The first-order valence-electron chi connectivity index (χ1n) is 7.18. The van der Waals surface area contributed by atoms with Crippen LogP contribution in [0.25, 0.3) is 21.5 Å². The third kappa shape index (κ3) is 1.92. The maximum Gasteiger partial charge on any atom is 0.138 e. The number of rotatable bonds is 3. The van der Waals surface area contributed by atoms with Crippen LogP contribution in [0, 0.1) is 6.92 Å². The van der Waals surface area contributed by atoms with Gasteiger partial charge in [0, 0.05) is 36.1 Å². The lowest BCUT2D eigenvalue weighted by atomic mass is 9.80. The molecule has 1 aliphatic carbocycles. The van der Waals surface area contributed by atoms with Crippen LogP contribution < -0.4 is 0 Å². The highest BCUT2D eigenvalue weighted by Crippen LogP contribution is 2.47. The predicted octanol–water partition coefficient (Wildman–Crippen LogP) is 4.02. The number of aromatic amines is 1. The Labute approximate surface area is 127 Å². The normalized spacial score (nSPS) is 17.0. The summed E-state index contributed by atoms with van der Waals surface area (Å²) in [6, 6.07) is 4.21. The summed E-state index contributed by atoms with van der Waals surface area (Å²) in [6.07, 6.45) is 7.19. The summed E-state index contributed by atoms with van der Waals surface area (Å²) in [4.78, 5) is 13.5. The fourth-order valence-corrected chi connectivity index (χ4v) is 4.17. The van der Waals surface area contributed by atoms with Gasteiger partial charge in [0.15, 0.2) is 0 Å². The molecule has 0 unspecified atom stereocenters. The Morgan fingerprint density at radius 1 is 1.33 bits per heavy atom. The molecule has 21 heavy (non-hydrogen) atoms. The summed E-state index contributed by atoms with van der Waals surface area (Å²) in [5.74, 6) is 0. The van der Waals surface area contributed by atoms with E-state index in [-0.39, 0.29) is 5.60 Å². The highest BCUT2D eigenvalue weighted by Gasteiger charge is 2.41. The second kappa shape index (κ2) is 4.64. The highest BCUT2D eigenvalue weighted by molar-refractivity contribution is 7.15. The van der Waals surface area contributed by atoms with Crippen molar-refractivity contribution in [2.24, 2.45) is 0 Å². The molecule has 0 saturated heterocycles. The molecule has 1 fully saturated rings. The van der Waals surface area contributed by atoms with Crippen LogP contribution >= 0.6 is 11.3 Å². The Morgan fingerprint density at radius 3 is 2.90 bits per heavy atom. The number of ether oxygens (including phenoxy) is 1. The minimum Gasteiger partial charge on any atom is -0.371 e. The van der Waals surface area contributed by atoms with Crippen molar-refractivity contribution in [2.45, 2.75) is 31.8 Å². The Hall–Kier alpha value is -1.72. The van der Waals surface area contributed by atoms with Crippen molar-refractivity contribution >= 4 is 22.4 Å². The molecule has 1 N–H and O–H groups in total. The van der Waals surface area contributed by atoms with Crippen molar-refractivity contribution in [3.63, 3.8) is 0 Å². The number of fused-ring (bicyclic) bond motifs is 1. The van der Waals surface area contributed by atoms with E-state index < -0.39 is 0 Å². The molecule has 0 aromatic carbocycles.